The van der Waals surface area contributed by atoms with Crippen molar-refractivity contribution < 1.29 is 0 Å². The van der Waals surface area contributed by atoms with Crippen LogP contribution in [-0.4, -0.2) is 0 Å². The summed E-state index contributed by atoms with van der Waals surface area (Å²) in [5.41, 5.74) is 3.73. The second kappa shape index (κ2) is 4.02. The molecule has 0 heterocycles. The van der Waals surface area contributed by atoms with Gasteiger partial charge in [-0.25, -0.2) is 0 Å². The Bertz CT molecular complexity index is 745. The Balaban J connectivity index is 1.68. The van der Waals surface area contributed by atoms with Gasteiger partial charge in [0.2, 0.25) is 0 Å². The lowest BCUT2D eigenvalue weighted by Crippen LogP contribution is -2.60. The van der Waals surface area contributed by atoms with E-state index in [4.69, 9.17) is 0 Å². The molecular formula is C23H28. The number of hydrogen-bond acceptors (Lipinski definition) is 0. The van der Waals surface area contributed by atoms with Crippen molar-refractivity contribution in [3.8, 4) is 0 Å². The molecule has 4 fully saturated rings. The van der Waals surface area contributed by atoms with Gasteiger partial charge in [-0.05, 0) is 76.5 Å². The summed E-state index contributed by atoms with van der Waals surface area (Å²) in [4.78, 5) is 0. The fourth-order valence-electron chi connectivity index (χ4n) is 8.12. The van der Waals surface area contributed by atoms with Crippen LogP contribution in [0.3, 0.4) is 0 Å². The molecule has 0 nitrogen and oxygen atoms in total. The highest BCUT2D eigenvalue weighted by Gasteiger charge is 2.64. The first kappa shape index (κ1) is 14.1. The van der Waals surface area contributed by atoms with E-state index >= 15 is 0 Å². The van der Waals surface area contributed by atoms with Gasteiger partial charge >= 0.3 is 0 Å². The molecule has 0 heteroatoms. The third-order valence-corrected chi connectivity index (χ3v) is 7.22. The molecule has 0 aromatic heterocycles. The molecule has 4 aliphatic rings. The van der Waals surface area contributed by atoms with Crippen LogP contribution >= 0.6 is 0 Å². The van der Waals surface area contributed by atoms with Crippen molar-refractivity contribution in [2.75, 3.05) is 0 Å². The Labute approximate surface area is 140 Å². The van der Waals surface area contributed by atoms with Crippen LogP contribution in [0.4, 0.5) is 0 Å². The van der Waals surface area contributed by atoms with E-state index < -0.39 is 0 Å². The lowest BCUT2D eigenvalue weighted by atomic mass is 9.35. The Morgan fingerprint density at radius 1 is 0.609 bits per heavy atom. The lowest BCUT2D eigenvalue weighted by Gasteiger charge is -2.69. The molecule has 0 amide bonds. The summed E-state index contributed by atoms with van der Waals surface area (Å²) in [5.74, 6) is 0. The summed E-state index contributed by atoms with van der Waals surface area (Å²) in [5, 5.41) is 2.80. The number of fused-ring (bicyclic) bond motifs is 1. The molecule has 2 aromatic rings. The predicted octanol–water partition coefficient (Wildman–Crippen LogP) is 6.48. The summed E-state index contributed by atoms with van der Waals surface area (Å²) >= 11 is 0. The van der Waals surface area contributed by atoms with Gasteiger partial charge in [0.25, 0.3) is 0 Å². The average molecular weight is 304 g/mol. The molecule has 0 spiro atoms. The molecule has 4 bridgehead atoms. The molecule has 0 atom stereocenters. The molecule has 2 aromatic carbocycles. The molecule has 0 radical (unpaired) electrons. The zero-order valence-electron chi connectivity index (χ0n) is 14.8. The Morgan fingerprint density at radius 3 is 1.70 bits per heavy atom. The van der Waals surface area contributed by atoms with Crippen molar-refractivity contribution in [2.24, 2.45) is 16.2 Å². The van der Waals surface area contributed by atoms with Gasteiger partial charge in [0.05, 0.1) is 0 Å². The van der Waals surface area contributed by atoms with Crippen molar-refractivity contribution in [1.29, 1.82) is 0 Å². The average Bonchev–Trinajstić information content (AvgIpc) is 2.41. The first-order valence-electron chi connectivity index (χ1n) is 9.31. The van der Waals surface area contributed by atoms with Crippen LogP contribution in [0.1, 0.15) is 64.9 Å². The van der Waals surface area contributed by atoms with E-state index in [0.717, 1.165) is 0 Å². The summed E-state index contributed by atoms with van der Waals surface area (Å²) < 4.78 is 0. The smallest absolute Gasteiger partial charge is 0.00312 e. The van der Waals surface area contributed by atoms with E-state index in [0.29, 0.717) is 21.7 Å². The number of hydrogen-bond donors (Lipinski definition) is 0. The van der Waals surface area contributed by atoms with Crippen LogP contribution in [0.2, 0.25) is 0 Å². The zero-order valence-corrected chi connectivity index (χ0v) is 14.8. The zero-order chi connectivity index (χ0) is 15.9. The number of rotatable bonds is 1. The van der Waals surface area contributed by atoms with Crippen molar-refractivity contribution in [3.63, 3.8) is 0 Å². The Morgan fingerprint density at radius 2 is 1.13 bits per heavy atom. The van der Waals surface area contributed by atoms with Crippen molar-refractivity contribution in [1.82, 2.24) is 0 Å². The Hall–Kier alpha value is -1.30. The van der Waals surface area contributed by atoms with Crippen LogP contribution in [0, 0.1) is 16.2 Å². The quantitative estimate of drug-likeness (QED) is 0.565. The molecule has 0 unspecified atom stereocenters. The highest BCUT2D eigenvalue weighted by atomic mass is 14.7. The molecule has 6 rings (SSSR count). The molecule has 0 aliphatic heterocycles. The van der Waals surface area contributed by atoms with E-state index in [9.17, 15) is 0 Å². The maximum absolute atomic E-state index is 2.58. The summed E-state index contributed by atoms with van der Waals surface area (Å²) in [6, 6.07) is 16.2. The third kappa shape index (κ3) is 1.96. The first-order chi connectivity index (χ1) is 10.8. The van der Waals surface area contributed by atoms with E-state index in [1.165, 1.54) is 49.3 Å². The van der Waals surface area contributed by atoms with Crippen molar-refractivity contribution in [3.05, 3.63) is 48.0 Å². The van der Waals surface area contributed by atoms with E-state index in [1.54, 1.807) is 5.56 Å². The van der Waals surface area contributed by atoms with Gasteiger partial charge in [-0.3, -0.25) is 0 Å². The van der Waals surface area contributed by atoms with Gasteiger partial charge in [0.1, 0.15) is 0 Å². The first-order valence-corrected chi connectivity index (χ1v) is 9.31. The van der Waals surface area contributed by atoms with Gasteiger partial charge in [0.15, 0.2) is 0 Å². The molecular weight excluding hydrogens is 276 g/mol. The maximum Gasteiger partial charge on any atom is -0.00312 e. The largest absolute Gasteiger partial charge is 0.0616 e. The van der Waals surface area contributed by atoms with Crippen LogP contribution in [0.25, 0.3) is 10.8 Å². The minimum Gasteiger partial charge on any atom is -0.0616 e. The maximum atomic E-state index is 2.58. The monoisotopic (exact) mass is 304 g/mol. The van der Waals surface area contributed by atoms with Crippen LogP contribution < -0.4 is 0 Å². The van der Waals surface area contributed by atoms with E-state index in [2.05, 4.69) is 63.2 Å². The van der Waals surface area contributed by atoms with E-state index in [1.807, 2.05) is 0 Å². The van der Waals surface area contributed by atoms with Gasteiger partial charge in [-0.1, -0.05) is 63.2 Å². The van der Waals surface area contributed by atoms with Gasteiger partial charge in [-0.15, -0.1) is 0 Å². The standard InChI is InChI=1S/C23H28/c1-20-11-21(2)13-22(3,12-20)16-23(14-20,15-21)19-9-8-17-6-4-5-7-18(17)10-19/h4-10H,11-16H2,1-3H3. The highest BCUT2D eigenvalue weighted by molar-refractivity contribution is 5.83. The number of benzene rings is 2. The molecule has 23 heavy (non-hydrogen) atoms. The second-order valence-corrected chi connectivity index (χ2v) is 10.3. The van der Waals surface area contributed by atoms with E-state index in [-0.39, 0.29) is 0 Å². The minimum atomic E-state index is 0.428. The summed E-state index contributed by atoms with van der Waals surface area (Å²) in [6.45, 7) is 7.74. The molecule has 4 saturated carbocycles. The fraction of sp³-hybridized carbons (Fsp3) is 0.565. The summed E-state index contributed by atoms with van der Waals surface area (Å²) in [6.07, 6.45) is 8.57. The van der Waals surface area contributed by atoms with Gasteiger partial charge < -0.3 is 0 Å². The topological polar surface area (TPSA) is 0 Å². The molecule has 4 aliphatic carbocycles. The van der Waals surface area contributed by atoms with Gasteiger partial charge in [0, 0.05) is 0 Å². The highest BCUT2D eigenvalue weighted by Crippen LogP contribution is 2.73. The van der Waals surface area contributed by atoms with Crippen molar-refractivity contribution >= 4 is 10.8 Å². The second-order valence-electron chi connectivity index (χ2n) is 10.3. The Kier molecular flexibility index (Phi) is 2.46. The van der Waals surface area contributed by atoms with Crippen LogP contribution in [0.5, 0.6) is 0 Å². The van der Waals surface area contributed by atoms with Crippen LogP contribution in [0.15, 0.2) is 42.5 Å². The molecule has 0 N–H and O–H groups in total. The minimum absolute atomic E-state index is 0.428. The lowest BCUT2D eigenvalue weighted by molar-refractivity contribution is -0.152. The fourth-order valence-corrected chi connectivity index (χ4v) is 8.12. The van der Waals surface area contributed by atoms with Crippen LogP contribution in [-0.2, 0) is 5.41 Å². The third-order valence-electron chi connectivity index (χ3n) is 7.22. The predicted molar refractivity (Wildman–Crippen MR) is 97.6 cm³/mol. The normalized spacial score (nSPS) is 44.8. The molecule has 0 saturated heterocycles. The SMILES string of the molecule is CC12CC3(C)CC(C)(C1)CC(c1ccc4ccccc4c1)(C2)C3. The summed E-state index contributed by atoms with van der Waals surface area (Å²) in [7, 11) is 0. The van der Waals surface area contributed by atoms with Crippen molar-refractivity contribution in [2.45, 2.75) is 64.7 Å². The molecule has 120 valence electrons. The van der Waals surface area contributed by atoms with Gasteiger partial charge in [-0.2, -0.15) is 0 Å².